The summed E-state index contributed by atoms with van der Waals surface area (Å²) in [5.41, 5.74) is 0.855. The Labute approximate surface area is 170 Å². The van der Waals surface area contributed by atoms with Crippen LogP contribution in [0.5, 0.6) is 5.75 Å². The monoisotopic (exact) mass is 406 g/mol. The standard InChI is InChI=1S/C20H30N4O5/c1-4-17(23-13(2)25)20(28)24-18(10-7-15(26)11-21)19(27)22-12-14-5-8-16(29-3)9-6-14/h5-6,8-9,11,15,17-18,21,26H,4,7,10,12H2,1-3H3,(H,22,27)(H,23,25)(H,24,28)/t15?,17-,18-/m0/s1. The van der Waals surface area contributed by atoms with Crippen molar-refractivity contribution in [1.82, 2.24) is 16.0 Å². The van der Waals surface area contributed by atoms with Crippen LogP contribution < -0.4 is 20.7 Å². The highest BCUT2D eigenvalue weighted by molar-refractivity contribution is 5.91. The van der Waals surface area contributed by atoms with E-state index in [9.17, 15) is 19.5 Å². The molecular formula is C20H30N4O5. The fourth-order valence-corrected chi connectivity index (χ4v) is 2.62. The maximum absolute atomic E-state index is 12.6. The smallest absolute Gasteiger partial charge is 0.243 e. The highest BCUT2D eigenvalue weighted by atomic mass is 16.5. The van der Waals surface area contributed by atoms with E-state index in [-0.39, 0.29) is 25.3 Å². The molecule has 0 radical (unpaired) electrons. The zero-order valence-corrected chi connectivity index (χ0v) is 17.0. The molecule has 1 unspecified atom stereocenters. The summed E-state index contributed by atoms with van der Waals surface area (Å²) in [7, 11) is 1.57. The van der Waals surface area contributed by atoms with Crippen LogP contribution in [0.2, 0.25) is 0 Å². The molecule has 9 heteroatoms. The molecule has 29 heavy (non-hydrogen) atoms. The van der Waals surface area contributed by atoms with E-state index >= 15 is 0 Å². The first-order valence-corrected chi connectivity index (χ1v) is 9.47. The van der Waals surface area contributed by atoms with Gasteiger partial charge in [-0.1, -0.05) is 19.1 Å². The van der Waals surface area contributed by atoms with Crippen LogP contribution in [-0.2, 0) is 20.9 Å². The summed E-state index contributed by atoms with van der Waals surface area (Å²) in [4.78, 5) is 36.3. The zero-order chi connectivity index (χ0) is 21.8. The van der Waals surface area contributed by atoms with Crippen molar-refractivity contribution in [1.29, 1.82) is 5.41 Å². The van der Waals surface area contributed by atoms with Gasteiger partial charge in [0.1, 0.15) is 17.8 Å². The van der Waals surface area contributed by atoms with Crippen molar-refractivity contribution in [2.75, 3.05) is 7.11 Å². The molecule has 0 aromatic heterocycles. The summed E-state index contributed by atoms with van der Waals surface area (Å²) in [6, 6.07) is 5.53. The Kier molecular flexibility index (Phi) is 10.4. The molecule has 160 valence electrons. The number of aliphatic hydroxyl groups excluding tert-OH is 1. The average Bonchev–Trinajstić information content (AvgIpc) is 2.72. The van der Waals surface area contributed by atoms with Gasteiger partial charge in [-0.2, -0.15) is 0 Å². The molecule has 0 saturated heterocycles. The maximum Gasteiger partial charge on any atom is 0.243 e. The third-order valence-electron chi connectivity index (χ3n) is 4.30. The number of hydrogen-bond acceptors (Lipinski definition) is 6. The van der Waals surface area contributed by atoms with Crippen molar-refractivity contribution < 1.29 is 24.2 Å². The summed E-state index contributed by atoms with van der Waals surface area (Å²) in [6.07, 6.45) is 0.532. The maximum atomic E-state index is 12.6. The van der Waals surface area contributed by atoms with E-state index in [0.717, 1.165) is 11.8 Å². The average molecular weight is 406 g/mol. The van der Waals surface area contributed by atoms with Gasteiger partial charge in [0.25, 0.3) is 0 Å². The molecule has 5 N–H and O–H groups in total. The van der Waals surface area contributed by atoms with Crippen molar-refractivity contribution in [3.05, 3.63) is 29.8 Å². The minimum Gasteiger partial charge on any atom is -0.497 e. The normalized spacial score (nSPS) is 13.5. The van der Waals surface area contributed by atoms with E-state index in [1.165, 1.54) is 6.92 Å². The van der Waals surface area contributed by atoms with Gasteiger partial charge in [-0.15, -0.1) is 0 Å². The largest absolute Gasteiger partial charge is 0.497 e. The molecule has 1 rings (SSSR count). The number of benzene rings is 1. The molecule has 0 heterocycles. The van der Waals surface area contributed by atoms with Crippen LogP contribution in [-0.4, -0.2) is 54.3 Å². The lowest BCUT2D eigenvalue weighted by Crippen LogP contribution is -2.53. The van der Waals surface area contributed by atoms with Gasteiger partial charge in [0.15, 0.2) is 0 Å². The highest BCUT2D eigenvalue weighted by Gasteiger charge is 2.25. The predicted molar refractivity (Wildman–Crippen MR) is 109 cm³/mol. The van der Waals surface area contributed by atoms with Crippen LogP contribution in [0.25, 0.3) is 0 Å². The Balaban J connectivity index is 2.77. The van der Waals surface area contributed by atoms with Crippen molar-refractivity contribution in [3.8, 4) is 5.75 Å². The predicted octanol–water partition coefficient (Wildman–Crippen LogP) is 0.502. The fourth-order valence-electron chi connectivity index (χ4n) is 2.62. The lowest BCUT2D eigenvalue weighted by Gasteiger charge is -2.22. The number of methoxy groups -OCH3 is 1. The van der Waals surface area contributed by atoms with Crippen LogP contribution in [0.4, 0.5) is 0 Å². The van der Waals surface area contributed by atoms with E-state index in [1.54, 1.807) is 26.2 Å². The number of hydrogen-bond donors (Lipinski definition) is 5. The molecule has 0 aliphatic carbocycles. The molecule has 1 aromatic carbocycles. The second-order valence-electron chi connectivity index (χ2n) is 6.60. The molecule has 3 atom stereocenters. The van der Waals surface area contributed by atoms with E-state index in [0.29, 0.717) is 12.2 Å². The molecule has 0 aliphatic heterocycles. The van der Waals surface area contributed by atoms with Crippen molar-refractivity contribution in [3.63, 3.8) is 0 Å². The SMILES string of the molecule is CC[C@H](NC(C)=O)C(=O)N[C@@H](CCC(O)C=N)C(=O)NCc1ccc(OC)cc1. The van der Waals surface area contributed by atoms with Gasteiger partial charge in [-0.05, 0) is 37.0 Å². The van der Waals surface area contributed by atoms with Crippen molar-refractivity contribution in [2.45, 2.75) is 57.8 Å². The van der Waals surface area contributed by atoms with Crippen LogP contribution in [0.3, 0.4) is 0 Å². The number of rotatable bonds is 12. The molecule has 0 spiro atoms. The quantitative estimate of drug-likeness (QED) is 0.322. The number of carbonyl (C=O) groups excluding carboxylic acids is 3. The van der Waals surface area contributed by atoms with Crippen molar-refractivity contribution >= 4 is 23.9 Å². The van der Waals surface area contributed by atoms with Gasteiger partial charge in [-0.25, -0.2) is 0 Å². The second-order valence-corrected chi connectivity index (χ2v) is 6.60. The van der Waals surface area contributed by atoms with E-state index < -0.39 is 30.0 Å². The zero-order valence-electron chi connectivity index (χ0n) is 17.0. The van der Waals surface area contributed by atoms with Gasteiger partial charge < -0.3 is 31.2 Å². The van der Waals surface area contributed by atoms with Gasteiger partial charge in [-0.3, -0.25) is 14.4 Å². The minimum atomic E-state index is -0.999. The third-order valence-corrected chi connectivity index (χ3v) is 4.30. The van der Waals surface area contributed by atoms with Crippen LogP contribution in [0.15, 0.2) is 24.3 Å². The molecule has 9 nitrogen and oxygen atoms in total. The third kappa shape index (κ3) is 8.73. The number of ether oxygens (including phenoxy) is 1. The topological polar surface area (TPSA) is 141 Å². The van der Waals surface area contributed by atoms with Gasteiger partial charge in [0.05, 0.1) is 13.2 Å². The molecule has 1 aromatic rings. The summed E-state index contributed by atoms with van der Waals surface area (Å²) < 4.78 is 5.10. The Morgan fingerprint density at radius 2 is 1.76 bits per heavy atom. The van der Waals surface area contributed by atoms with Crippen molar-refractivity contribution in [2.24, 2.45) is 0 Å². The van der Waals surface area contributed by atoms with Gasteiger partial charge in [0.2, 0.25) is 17.7 Å². The summed E-state index contributed by atoms with van der Waals surface area (Å²) in [6.45, 7) is 3.32. The fraction of sp³-hybridized carbons (Fsp3) is 0.500. The summed E-state index contributed by atoms with van der Waals surface area (Å²) in [5.74, 6) is -0.526. The molecule has 0 aliphatic rings. The Hall–Kier alpha value is -2.94. The lowest BCUT2D eigenvalue weighted by molar-refractivity contribution is -0.132. The minimum absolute atomic E-state index is 0.140. The molecular weight excluding hydrogens is 376 g/mol. The second kappa shape index (κ2) is 12.5. The molecule has 0 fully saturated rings. The van der Waals surface area contributed by atoms with Crippen LogP contribution >= 0.6 is 0 Å². The number of nitrogens with one attached hydrogen (secondary N) is 4. The van der Waals surface area contributed by atoms with Crippen LogP contribution in [0.1, 0.15) is 38.7 Å². The van der Waals surface area contributed by atoms with E-state index in [2.05, 4.69) is 16.0 Å². The lowest BCUT2D eigenvalue weighted by atomic mass is 10.1. The first kappa shape index (κ1) is 24.1. The van der Waals surface area contributed by atoms with E-state index in [4.69, 9.17) is 10.1 Å². The number of carbonyl (C=O) groups is 3. The first-order valence-electron chi connectivity index (χ1n) is 9.47. The molecule has 0 bridgehead atoms. The Morgan fingerprint density at radius 3 is 2.28 bits per heavy atom. The Bertz CT molecular complexity index is 693. The molecule has 3 amide bonds. The number of amides is 3. The van der Waals surface area contributed by atoms with Gasteiger partial charge >= 0.3 is 0 Å². The summed E-state index contributed by atoms with van der Waals surface area (Å²) in [5, 5.41) is 24.6. The summed E-state index contributed by atoms with van der Waals surface area (Å²) >= 11 is 0. The van der Waals surface area contributed by atoms with E-state index in [1.807, 2.05) is 12.1 Å². The van der Waals surface area contributed by atoms with Gasteiger partial charge in [0, 0.05) is 19.7 Å². The number of aliphatic hydroxyl groups is 1. The van der Waals surface area contributed by atoms with Crippen LogP contribution in [0, 0.1) is 5.41 Å². The molecule has 0 saturated carbocycles. The first-order chi connectivity index (χ1) is 13.8. The Morgan fingerprint density at radius 1 is 1.10 bits per heavy atom. The highest BCUT2D eigenvalue weighted by Crippen LogP contribution is 2.11.